The highest BCUT2D eigenvalue weighted by atomic mass is 32.2. The van der Waals surface area contributed by atoms with Gasteiger partial charge in [-0.2, -0.15) is 0 Å². The molecule has 3 unspecified atom stereocenters. The highest BCUT2D eigenvalue weighted by Crippen LogP contribution is 2.60. The fourth-order valence-corrected chi connectivity index (χ4v) is 10.0. The van der Waals surface area contributed by atoms with Crippen LogP contribution in [0.4, 0.5) is 5.69 Å². The Morgan fingerprint density at radius 3 is 2.34 bits per heavy atom. The first-order valence-corrected chi connectivity index (χ1v) is 17.6. The summed E-state index contributed by atoms with van der Waals surface area (Å²) in [5, 5.41) is 24.5. The molecule has 4 rings (SSSR count). The Labute approximate surface area is 265 Å². The summed E-state index contributed by atoms with van der Waals surface area (Å²) < 4.78 is 45.3. The van der Waals surface area contributed by atoms with Crippen LogP contribution in [0.2, 0.25) is 6.82 Å². The van der Waals surface area contributed by atoms with Crippen LogP contribution in [0.25, 0.3) is 0 Å². The second-order valence-corrected chi connectivity index (χ2v) is 16.3. The SMILES string of the molecule is C[B]S(=O)(=O)Nc1ccccc1C(=O)O[C@]1(C)C[C@H](CC)[C@H](C)C(C)(C)C1CC[C@@]1(O)C[C@H](OC)C2CC(C)[C@]1(O)[C@H]2OC. The molecule has 11 heteroatoms. The van der Waals surface area contributed by atoms with Crippen LogP contribution < -0.4 is 4.72 Å². The predicted molar refractivity (Wildman–Crippen MR) is 172 cm³/mol. The summed E-state index contributed by atoms with van der Waals surface area (Å²) in [6, 6.07) is 6.46. The molecule has 3 aliphatic carbocycles. The van der Waals surface area contributed by atoms with Gasteiger partial charge < -0.3 is 24.4 Å². The van der Waals surface area contributed by atoms with Crippen LogP contribution in [0, 0.1) is 35.0 Å². The van der Waals surface area contributed by atoms with Gasteiger partial charge >= 0.3 is 12.5 Å². The highest BCUT2D eigenvalue weighted by Gasteiger charge is 2.69. The molecule has 44 heavy (non-hydrogen) atoms. The molecular formula is C33H53BNO8S. The van der Waals surface area contributed by atoms with Crippen molar-refractivity contribution in [1.82, 2.24) is 0 Å². The Balaban J connectivity index is 1.69. The molecule has 3 fully saturated rings. The first-order valence-electron chi connectivity index (χ1n) is 16.1. The molecule has 0 amide bonds. The number of aliphatic hydroxyl groups is 2. The van der Waals surface area contributed by atoms with Crippen LogP contribution in [0.5, 0.6) is 0 Å². The lowest BCUT2D eigenvalue weighted by molar-refractivity contribution is -0.261. The molecule has 0 spiro atoms. The summed E-state index contributed by atoms with van der Waals surface area (Å²) in [6.07, 6.45) is 2.54. The van der Waals surface area contributed by atoms with E-state index in [0.29, 0.717) is 31.6 Å². The summed E-state index contributed by atoms with van der Waals surface area (Å²) in [5.41, 5.74) is -3.81. The largest absolute Gasteiger partial charge is 0.455 e. The molecule has 1 aromatic carbocycles. The van der Waals surface area contributed by atoms with Gasteiger partial charge in [0.15, 0.2) is 9.87 Å². The third kappa shape index (κ3) is 5.85. The maximum Gasteiger partial charge on any atom is 0.340 e. The summed E-state index contributed by atoms with van der Waals surface area (Å²) in [4.78, 5) is 13.9. The quantitative estimate of drug-likeness (QED) is 0.228. The molecule has 3 N–H and O–H groups in total. The average molecular weight is 635 g/mol. The topological polar surface area (TPSA) is 131 Å². The van der Waals surface area contributed by atoms with Crippen molar-refractivity contribution in [1.29, 1.82) is 0 Å². The number of carbonyl (C=O) groups excluding carboxylic acids is 1. The van der Waals surface area contributed by atoms with Crippen LogP contribution in [-0.2, 0) is 24.1 Å². The molecule has 0 heterocycles. The second kappa shape index (κ2) is 12.5. The normalized spacial score (nSPS) is 39.9. The van der Waals surface area contributed by atoms with Crippen molar-refractivity contribution in [2.45, 2.75) is 116 Å². The van der Waals surface area contributed by atoms with Crippen LogP contribution in [0.3, 0.4) is 0 Å². The average Bonchev–Trinajstić information content (AvgIpc) is 3.19. The number of rotatable bonds is 11. The number of para-hydroxylation sites is 1. The standard InChI is InChI=1S/C33H53BNO8S/c1-10-22-18-31(6,43-29(36)23-13-11-12-14-25(23)35-44(39,40)34-7)27(30(4,5)21(22)3)15-16-32(37)19-26(41-8)24-17-20(2)33(32,38)28(24)42-9/h11-14,20-22,24,26-28,35,37-38H,10,15-19H2,1-9H3/t20?,21-,22-,24?,26-,27?,28-,31+,32+,33-/m0/s1. The van der Waals surface area contributed by atoms with Crippen molar-refractivity contribution in [3.63, 3.8) is 0 Å². The summed E-state index contributed by atoms with van der Waals surface area (Å²) in [6.45, 7) is 15.2. The molecule has 10 atom stereocenters. The van der Waals surface area contributed by atoms with Crippen molar-refractivity contribution < 1.29 is 37.6 Å². The number of esters is 1. The van der Waals surface area contributed by atoms with Gasteiger partial charge in [0, 0.05) is 32.5 Å². The van der Waals surface area contributed by atoms with Gasteiger partial charge in [-0.1, -0.05) is 60.0 Å². The van der Waals surface area contributed by atoms with Gasteiger partial charge in [0.25, 0.3) is 0 Å². The Kier molecular flexibility index (Phi) is 10.0. The lowest BCUT2D eigenvalue weighted by atomic mass is 9.51. The van der Waals surface area contributed by atoms with Gasteiger partial charge in [0.05, 0.1) is 29.1 Å². The Hall–Kier alpha value is -1.66. The zero-order chi connectivity index (χ0) is 32.9. The van der Waals surface area contributed by atoms with Crippen LogP contribution >= 0.6 is 0 Å². The molecule has 3 saturated carbocycles. The van der Waals surface area contributed by atoms with E-state index in [4.69, 9.17) is 14.2 Å². The fraction of sp³-hybridized carbons (Fsp3) is 0.788. The van der Waals surface area contributed by atoms with E-state index in [1.54, 1.807) is 38.5 Å². The Bertz CT molecular complexity index is 1310. The number of benzene rings is 1. The zero-order valence-corrected chi connectivity index (χ0v) is 28.7. The minimum Gasteiger partial charge on any atom is -0.455 e. The first-order chi connectivity index (χ1) is 20.4. The minimum absolute atomic E-state index is 0.00393. The number of fused-ring (bicyclic) bond motifs is 2. The Morgan fingerprint density at radius 1 is 1.09 bits per heavy atom. The van der Waals surface area contributed by atoms with E-state index in [1.807, 2.05) is 13.8 Å². The van der Waals surface area contributed by atoms with E-state index in [9.17, 15) is 23.4 Å². The third-order valence-electron chi connectivity index (χ3n) is 12.1. The lowest BCUT2D eigenvalue weighted by Gasteiger charge is -2.58. The molecule has 0 saturated heterocycles. The van der Waals surface area contributed by atoms with Gasteiger partial charge in [0.1, 0.15) is 11.2 Å². The van der Waals surface area contributed by atoms with Crippen molar-refractivity contribution >= 4 is 28.1 Å². The molecule has 9 nitrogen and oxygen atoms in total. The van der Waals surface area contributed by atoms with Gasteiger partial charge in [-0.05, 0) is 67.9 Å². The smallest absolute Gasteiger partial charge is 0.340 e. The van der Waals surface area contributed by atoms with Crippen molar-refractivity contribution in [3.8, 4) is 0 Å². The van der Waals surface area contributed by atoms with Gasteiger partial charge in [-0.3, -0.25) is 4.72 Å². The maximum absolute atomic E-state index is 13.9. The molecule has 2 bridgehead atoms. The monoisotopic (exact) mass is 634 g/mol. The van der Waals surface area contributed by atoms with Crippen LogP contribution in [-0.4, -0.2) is 74.4 Å². The molecular weight excluding hydrogens is 581 g/mol. The van der Waals surface area contributed by atoms with Crippen molar-refractivity contribution in [2.75, 3.05) is 18.9 Å². The van der Waals surface area contributed by atoms with Crippen LogP contribution in [0.1, 0.15) is 90.4 Å². The van der Waals surface area contributed by atoms with E-state index >= 15 is 0 Å². The van der Waals surface area contributed by atoms with Gasteiger partial charge in [-0.25, -0.2) is 13.2 Å². The molecule has 3 aliphatic rings. The number of ether oxygens (including phenoxy) is 3. The van der Waals surface area contributed by atoms with Gasteiger partial charge in [-0.15, -0.1) is 0 Å². The zero-order valence-electron chi connectivity index (χ0n) is 27.9. The van der Waals surface area contributed by atoms with Crippen molar-refractivity contribution in [3.05, 3.63) is 29.8 Å². The number of hydrogen-bond donors (Lipinski definition) is 3. The molecule has 1 aromatic rings. The van der Waals surface area contributed by atoms with E-state index in [1.165, 1.54) is 6.82 Å². The summed E-state index contributed by atoms with van der Waals surface area (Å²) in [5.74, 6) is -0.371. The van der Waals surface area contributed by atoms with E-state index < -0.39 is 38.8 Å². The summed E-state index contributed by atoms with van der Waals surface area (Å²) >= 11 is 0. The predicted octanol–water partition coefficient (Wildman–Crippen LogP) is 5.05. The van der Waals surface area contributed by atoms with E-state index in [2.05, 4.69) is 32.4 Å². The maximum atomic E-state index is 13.9. The van der Waals surface area contributed by atoms with Crippen molar-refractivity contribution in [2.24, 2.45) is 35.0 Å². The molecule has 0 aromatic heterocycles. The lowest BCUT2D eigenvalue weighted by Crippen LogP contribution is -2.68. The number of hydrogen-bond acceptors (Lipinski definition) is 8. The number of nitrogens with one attached hydrogen (secondary N) is 1. The third-order valence-corrected chi connectivity index (χ3v) is 13.2. The fourth-order valence-electron chi connectivity index (χ4n) is 9.40. The van der Waals surface area contributed by atoms with Crippen LogP contribution in [0.15, 0.2) is 24.3 Å². The first kappa shape index (κ1) is 35.2. The van der Waals surface area contributed by atoms with E-state index in [0.717, 1.165) is 13.0 Å². The minimum atomic E-state index is -3.74. The molecule has 1 radical (unpaired) electrons. The van der Waals surface area contributed by atoms with E-state index in [-0.39, 0.29) is 52.9 Å². The molecule has 247 valence electrons. The number of methoxy groups -OCH3 is 2. The highest BCUT2D eigenvalue weighted by molar-refractivity contribution is 8.16. The number of carbonyl (C=O) groups is 1. The number of anilines is 1. The second-order valence-electron chi connectivity index (χ2n) is 14.5. The summed E-state index contributed by atoms with van der Waals surface area (Å²) in [7, 11) is -0.503. The van der Waals surface area contributed by atoms with Gasteiger partial charge in [0.2, 0.25) is 0 Å². The Morgan fingerprint density at radius 2 is 1.75 bits per heavy atom. The molecule has 0 aliphatic heterocycles.